The molecule has 0 aliphatic carbocycles. The van der Waals surface area contributed by atoms with E-state index in [2.05, 4.69) is 87.7 Å². The summed E-state index contributed by atoms with van der Waals surface area (Å²) in [6, 6.07) is 12.8. The van der Waals surface area contributed by atoms with Crippen LogP contribution in [0.2, 0.25) is 19.6 Å². The van der Waals surface area contributed by atoms with Gasteiger partial charge in [-0.25, -0.2) is 0 Å². The highest BCUT2D eigenvalue weighted by Crippen LogP contribution is 2.41. The number of benzene rings is 1. The number of rotatable bonds is 6. The fourth-order valence-corrected chi connectivity index (χ4v) is 5.15. The molecule has 25 heavy (non-hydrogen) atoms. The Kier molecular flexibility index (Phi) is 5.89. The third kappa shape index (κ3) is 4.21. The summed E-state index contributed by atoms with van der Waals surface area (Å²) in [6.45, 7) is 20.7. The average Bonchev–Trinajstić information content (AvgIpc) is 2.54. The molecular formula is C22H32N2Si. The summed E-state index contributed by atoms with van der Waals surface area (Å²) in [5, 5.41) is 0. The molecule has 0 unspecified atom stereocenters. The van der Waals surface area contributed by atoms with E-state index < -0.39 is 8.24 Å². The molecule has 134 valence electrons. The Bertz CT molecular complexity index is 701. The lowest BCUT2D eigenvalue weighted by Crippen LogP contribution is -2.46. The van der Waals surface area contributed by atoms with Crippen molar-refractivity contribution in [3.8, 4) is 0 Å². The lowest BCUT2D eigenvalue weighted by molar-refractivity contribution is 0.833. The van der Waals surface area contributed by atoms with Crippen molar-refractivity contribution in [2.45, 2.75) is 59.2 Å². The zero-order chi connectivity index (χ0) is 18.8. The van der Waals surface area contributed by atoms with E-state index in [0.717, 1.165) is 11.4 Å². The maximum atomic E-state index is 4.57. The molecule has 1 heterocycles. The van der Waals surface area contributed by atoms with E-state index in [1.807, 2.05) is 18.3 Å². The summed E-state index contributed by atoms with van der Waals surface area (Å²) >= 11 is 0. The van der Waals surface area contributed by atoms with Gasteiger partial charge in [0.1, 0.15) is 0 Å². The highest BCUT2D eigenvalue weighted by atomic mass is 28.3. The summed E-state index contributed by atoms with van der Waals surface area (Å²) < 4.78 is 2.51. The largest absolute Gasteiger partial charge is 0.368 e. The lowest BCUT2D eigenvalue weighted by Gasteiger charge is -2.41. The van der Waals surface area contributed by atoms with Gasteiger partial charge in [-0.15, -0.1) is 0 Å². The Balaban J connectivity index is 2.74. The Morgan fingerprint density at radius 1 is 0.920 bits per heavy atom. The summed E-state index contributed by atoms with van der Waals surface area (Å²) in [7, 11) is -1.73. The van der Waals surface area contributed by atoms with Crippen molar-refractivity contribution in [2.75, 3.05) is 4.57 Å². The van der Waals surface area contributed by atoms with Crippen LogP contribution in [-0.2, 0) is 0 Å². The van der Waals surface area contributed by atoms with Crippen molar-refractivity contribution in [1.82, 2.24) is 4.98 Å². The van der Waals surface area contributed by atoms with Crippen molar-refractivity contribution in [2.24, 2.45) is 0 Å². The molecule has 1 aromatic heterocycles. The van der Waals surface area contributed by atoms with Gasteiger partial charge in [-0.2, -0.15) is 0 Å². The van der Waals surface area contributed by atoms with Gasteiger partial charge in [-0.3, -0.25) is 4.98 Å². The number of aromatic nitrogens is 1. The third-order valence-corrected chi connectivity index (χ3v) is 6.30. The molecule has 1 aromatic carbocycles. The van der Waals surface area contributed by atoms with Crippen molar-refractivity contribution < 1.29 is 0 Å². The lowest BCUT2D eigenvalue weighted by atomic mass is 9.92. The number of hydrogen-bond donors (Lipinski definition) is 0. The molecule has 2 aromatic rings. The first-order chi connectivity index (χ1) is 11.6. The van der Waals surface area contributed by atoms with Gasteiger partial charge in [-0.05, 0) is 35.1 Å². The van der Waals surface area contributed by atoms with Gasteiger partial charge in [0, 0.05) is 11.9 Å². The Morgan fingerprint density at radius 2 is 1.48 bits per heavy atom. The van der Waals surface area contributed by atoms with Gasteiger partial charge in [0.15, 0.2) is 8.24 Å². The van der Waals surface area contributed by atoms with Gasteiger partial charge >= 0.3 is 0 Å². The number of para-hydroxylation sites is 1. The van der Waals surface area contributed by atoms with Crippen molar-refractivity contribution >= 4 is 19.6 Å². The summed E-state index contributed by atoms with van der Waals surface area (Å²) in [5.41, 5.74) is 6.10. The van der Waals surface area contributed by atoms with Crippen LogP contribution in [0, 0.1) is 0 Å². The highest BCUT2D eigenvalue weighted by molar-refractivity contribution is 6.81. The van der Waals surface area contributed by atoms with Gasteiger partial charge in [0.25, 0.3) is 0 Å². The smallest absolute Gasteiger partial charge is 0.153 e. The Hall–Kier alpha value is -1.87. The second-order valence-electron chi connectivity index (χ2n) is 8.26. The standard InChI is InChI=1S/C22H32N2Si/c1-16(2)19-12-11-13-20(17(3)4)22(19)24(25(6,7)8)18(5)21-14-9-10-15-23-21/h9-17H,5H2,1-4,6-8H3. The number of anilines is 1. The minimum absolute atomic E-state index is 0.462. The monoisotopic (exact) mass is 352 g/mol. The number of nitrogens with zero attached hydrogens (tertiary/aromatic N) is 2. The van der Waals surface area contributed by atoms with Crippen molar-refractivity contribution in [3.63, 3.8) is 0 Å². The third-order valence-electron chi connectivity index (χ3n) is 4.47. The quantitative estimate of drug-likeness (QED) is 0.542. The molecule has 0 radical (unpaired) electrons. The van der Waals surface area contributed by atoms with Crippen LogP contribution >= 0.6 is 0 Å². The molecule has 0 atom stereocenters. The molecule has 0 amide bonds. The summed E-state index contributed by atoms with van der Waals surface area (Å²) in [6.07, 6.45) is 1.85. The fourth-order valence-electron chi connectivity index (χ4n) is 3.29. The van der Waals surface area contributed by atoms with E-state index in [-0.39, 0.29) is 0 Å². The van der Waals surface area contributed by atoms with E-state index in [1.54, 1.807) is 0 Å². The van der Waals surface area contributed by atoms with Crippen LogP contribution in [-0.4, -0.2) is 13.2 Å². The molecule has 2 rings (SSSR count). The Morgan fingerprint density at radius 3 is 1.88 bits per heavy atom. The van der Waals surface area contributed by atoms with E-state index in [9.17, 15) is 0 Å². The maximum absolute atomic E-state index is 4.57. The summed E-state index contributed by atoms with van der Waals surface area (Å²) in [5.74, 6) is 0.924. The molecule has 0 saturated carbocycles. The summed E-state index contributed by atoms with van der Waals surface area (Å²) in [4.78, 5) is 4.57. The second-order valence-corrected chi connectivity index (χ2v) is 13.1. The molecule has 3 heteroatoms. The van der Waals surface area contributed by atoms with Crippen LogP contribution in [0.1, 0.15) is 56.4 Å². The zero-order valence-corrected chi connectivity index (χ0v) is 17.8. The normalized spacial score (nSPS) is 11.9. The van der Waals surface area contributed by atoms with Crippen LogP contribution in [0.3, 0.4) is 0 Å². The molecule has 0 aliphatic rings. The van der Waals surface area contributed by atoms with E-state index in [4.69, 9.17) is 0 Å². The van der Waals surface area contributed by atoms with E-state index in [1.165, 1.54) is 16.8 Å². The number of hydrogen-bond acceptors (Lipinski definition) is 2. The fraction of sp³-hybridized carbons (Fsp3) is 0.409. The first kappa shape index (κ1) is 19.5. The molecule has 0 spiro atoms. The topological polar surface area (TPSA) is 16.1 Å². The van der Waals surface area contributed by atoms with E-state index in [0.29, 0.717) is 11.8 Å². The van der Waals surface area contributed by atoms with Crippen LogP contribution in [0.4, 0.5) is 5.69 Å². The van der Waals surface area contributed by atoms with Gasteiger partial charge < -0.3 is 4.57 Å². The first-order valence-electron chi connectivity index (χ1n) is 9.18. The first-order valence-corrected chi connectivity index (χ1v) is 12.6. The highest BCUT2D eigenvalue weighted by Gasteiger charge is 2.32. The van der Waals surface area contributed by atoms with E-state index >= 15 is 0 Å². The van der Waals surface area contributed by atoms with Gasteiger partial charge in [0.05, 0.1) is 11.4 Å². The molecule has 0 aliphatic heterocycles. The van der Waals surface area contributed by atoms with Gasteiger partial charge in [0.2, 0.25) is 0 Å². The SMILES string of the molecule is C=C(c1ccccn1)N(c1c(C(C)C)cccc1C(C)C)[Si](C)(C)C. The molecule has 0 fully saturated rings. The van der Waals surface area contributed by atoms with Crippen LogP contribution in [0.15, 0.2) is 49.2 Å². The average molecular weight is 353 g/mol. The predicted molar refractivity (Wildman–Crippen MR) is 114 cm³/mol. The molecule has 0 N–H and O–H groups in total. The maximum Gasteiger partial charge on any atom is 0.153 e. The predicted octanol–water partition coefficient (Wildman–Crippen LogP) is 6.64. The number of pyridine rings is 1. The molecule has 2 nitrogen and oxygen atoms in total. The zero-order valence-electron chi connectivity index (χ0n) is 16.8. The Labute approximate surface area is 154 Å². The minimum Gasteiger partial charge on any atom is -0.368 e. The van der Waals surface area contributed by atoms with Crippen molar-refractivity contribution in [1.29, 1.82) is 0 Å². The molecular weight excluding hydrogens is 320 g/mol. The van der Waals surface area contributed by atoms with Crippen LogP contribution in [0.25, 0.3) is 5.70 Å². The van der Waals surface area contributed by atoms with Crippen LogP contribution in [0.5, 0.6) is 0 Å². The molecule has 0 bridgehead atoms. The van der Waals surface area contributed by atoms with Gasteiger partial charge in [-0.1, -0.05) is 78.2 Å². The van der Waals surface area contributed by atoms with Crippen molar-refractivity contribution in [3.05, 3.63) is 66.0 Å². The second kappa shape index (κ2) is 7.57. The van der Waals surface area contributed by atoms with Crippen LogP contribution < -0.4 is 4.57 Å². The molecule has 0 saturated heterocycles. The minimum atomic E-state index is -1.73.